The Bertz CT molecular complexity index is 1600. The van der Waals surface area contributed by atoms with E-state index in [1.54, 1.807) is 6.92 Å². The fourth-order valence-corrected chi connectivity index (χ4v) is 5.16. The quantitative estimate of drug-likeness (QED) is 0.316. The first-order valence-electron chi connectivity index (χ1n) is 16.2. The van der Waals surface area contributed by atoms with E-state index in [-0.39, 0.29) is 49.7 Å². The summed E-state index contributed by atoms with van der Waals surface area (Å²) in [5.41, 5.74) is 1.33. The van der Waals surface area contributed by atoms with Crippen LogP contribution in [0.25, 0.3) is 11.4 Å². The van der Waals surface area contributed by atoms with Crippen LogP contribution >= 0.6 is 0 Å². The zero-order chi connectivity index (χ0) is 35.0. The lowest BCUT2D eigenvalue weighted by molar-refractivity contribution is -0.132. The van der Waals surface area contributed by atoms with Gasteiger partial charge in [-0.2, -0.15) is 5.10 Å². The van der Waals surface area contributed by atoms with Gasteiger partial charge in [-0.3, -0.25) is 24.0 Å². The normalized spacial score (nSPS) is 20.6. The third kappa shape index (κ3) is 9.48. The van der Waals surface area contributed by atoms with Gasteiger partial charge in [0.25, 0.3) is 5.91 Å². The highest BCUT2D eigenvalue weighted by Crippen LogP contribution is 2.20. The molecule has 0 bridgehead atoms. The largest absolute Gasteiger partial charge is 0.354 e. The Morgan fingerprint density at radius 2 is 1.67 bits per heavy atom. The topological polar surface area (TPSA) is 193 Å². The third-order valence-corrected chi connectivity index (χ3v) is 7.76. The molecule has 2 aromatic heterocycles. The second-order valence-corrected chi connectivity index (χ2v) is 12.7. The smallest absolute Gasteiger partial charge is 0.292 e. The minimum absolute atomic E-state index is 0.0238. The van der Waals surface area contributed by atoms with Gasteiger partial charge in [0.05, 0.1) is 18.3 Å². The second-order valence-electron chi connectivity index (χ2n) is 12.7. The average molecular weight is 664 g/mol. The van der Waals surface area contributed by atoms with E-state index in [4.69, 9.17) is 4.52 Å². The molecule has 258 valence electrons. The minimum atomic E-state index is -1.01. The van der Waals surface area contributed by atoms with E-state index in [9.17, 15) is 24.0 Å². The van der Waals surface area contributed by atoms with Crippen molar-refractivity contribution >= 4 is 29.5 Å². The summed E-state index contributed by atoms with van der Waals surface area (Å²) >= 11 is 0. The Hall–Kier alpha value is -5.08. The zero-order valence-electron chi connectivity index (χ0n) is 28.3. The summed E-state index contributed by atoms with van der Waals surface area (Å²) in [6.45, 7) is 10.6. The average Bonchev–Trinajstić information content (AvgIpc) is 3.70. The van der Waals surface area contributed by atoms with Crippen molar-refractivity contribution in [3.05, 3.63) is 53.7 Å². The fraction of sp³-hybridized carbons (Fsp3) is 0.515. The van der Waals surface area contributed by atoms with Crippen molar-refractivity contribution in [2.45, 2.75) is 85.0 Å². The molecule has 48 heavy (non-hydrogen) atoms. The summed E-state index contributed by atoms with van der Waals surface area (Å²) in [5, 5.41) is 19.7. The van der Waals surface area contributed by atoms with E-state index >= 15 is 0 Å². The molecule has 0 unspecified atom stereocenters. The summed E-state index contributed by atoms with van der Waals surface area (Å²) in [6.07, 6.45) is 0.641. The molecule has 3 atom stereocenters. The lowest BCUT2D eigenvalue weighted by atomic mass is 10.0. The lowest BCUT2D eigenvalue weighted by Gasteiger charge is -2.25. The van der Waals surface area contributed by atoms with E-state index < -0.39 is 41.8 Å². The molecule has 0 aliphatic carbocycles. The number of nitrogens with zero attached hydrogens (tertiary/aromatic N) is 5. The number of carbonyl (C=O) groups is 5. The number of benzene rings is 1. The predicted octanol–water partition coefficient (Wildman–Crippen LogP) is 1.93. The molecule has 15 heteroatoms. The number of carbonyl (C=O) groups excluding carboxylic acids is 5. The summed E-state index contributed by atoms with van der Waals surface area (Å²) in [7, 11) is 0. The Morgan fingerprint density at radius 1 is 0.938 bits per heavy atom. The number of nitrogens with one attached hydrogen (secondary N) is 4. The van der Waals surface area contributed by atoms with Crippen LogP contribution in [-0.4, -0.2) is 86.1 Å². The van der Waals surface area contributed by atoms with Gasteiger partial charge in [-0.25, -0.2) is 9.67 Å². The van der Waals surface area contributed by atoms with Crippen molar-refractivity contribution in [3.63, 3.8) is 0 Å². The van der Waals surface area contributed by atoms with Crippen LogP contribution in [0.3, 0.4) is 0 Å². The van der Waals surface area contributed by atoms with Crippen LogP contribution in [-0.2, 0) is 25.7 Å². The van der Waals surface area contributed by atoms with Crippen LogP contribution in [0.15, 0.2) is 40.9 Å². The van der Waals surface area contributed by atoms with Gasteiger partial charge in [0.2, 0.25) is 29.4 Å². The van der Waals surface area contributed by atoms with Gasteiger partial charge in [-0.1, -0.05) is 63.2 Å². The van der Waals surface area contributed by atoms with Crippen molar-refractivity contribution in [1.82, 2.24) is 46.1 Å². The van der Waals surface area contributed by atoms with Gasteiger partial charge in [0, 0.05) is 24.7 Å². The molecule has 5 amide bonds. The number of fused-ring (bicyclic) bond motifs is 1. The molecule has 1 aromatic carbocycles. The molecule has 3 heterocycles. The zero-order valence-corrected chi connectivity index (χ0v) is 28.3. The summed E-state index contributed by atoms with van der Waals surface area (Å²) < 4.78 is 6.73. The van der Waals surface area contributed by atoms with Crippen LogP contribution in [0.2, 0.25) is 0 Å². The first-order valence-corrected chi connectivity index (χ1v) is 16.2. The molecule has 0 radical (unpaired) electrons. The van der Waals surface area contributed by atoms with E-state index in [1.807, 2.05) is 58.0 Å². The maximum absolute atomic E-state index is 13.6. The van der Waals surface area contributed by atoms with E-state index in [0.717, 1.165) is 5.56 Å². The Balaban J connectivity index is 1.63. The second kappa shape index (κ2) is 16.2. The molecule has 1 aliphatic heterocycles. The molecule has 4 N–H and O–H groups in total. The highest BCUT2D eigenvalue weighted by atomic mass is 16.5. The molecule has 1 aliphatic rings. The van der Waals surface area contributed by atoms with Crippen LogP contribution in [0.4, 0.5) is 0 Å². The van der Waals surface area contributed by atoms with Gasteiger partial charge < -0.3 is 30.7 Å². The highest BCUT2D eigenvalue weighted by Gasteiger charge is 2.30. The van der Waals surface area contributed by atoms with E-state index in [2.05, 4.69) is 36.5 Å². The Labute approximate surface area is 279 Å². The molecular formula is C33H45N9O6. The molecule has 0 spiro atoms. The first-order chi connectivity index (χ1) is 22.8. The maximum atomic E-state index is 13.6. The Kier molecular flexibility index (Phi) is 12.0. The van der Waals surface area contributed by atoms with Crippen LogP contribution in [0.1, 0.15) is 88.4 Å². The molecule has 0 fully saturated rings. The predicted molar refractivity (Wildman–Crippen MR) is 175 cm³/mol. The van der Waals surface area contributed by atoms with Gasteiger partial charge in [-0.05, 0) is 38.5 Å². The molecule has 0 saturated carbocycles. The van der Waals surface area contributed by atoms with Crippen LogP contribution in [0.5, 0.6) is 0 Å². The van der Waals surface area contributed by atoms with Crippen LogP contribution < -0.4 is 21.3 Å². The van der Waals surface area contributed by atoms with Gasteiger partial charge in [0.15, 0.2) is 5.82 Å². The van der Waals surface area contributed by atoms with E-state index in [1.165, 1.54) is 22.6 Å². The highest BCUT2D eigenvalue weighted by molar-refractivity contribution is 5.96. The maximum Gasteiger partial charge on any atom is 0.292 e. The molecule has 15 nitrogen and oxygen atoms in total. The molecule has 3 aromatic rings. The van der Waals surface area contributed by atoms with Crippen molar-refractivity contribution in [1.29, 1.82) is 0 Å². The Morgan fingerprint density at radius 3 is 2.33 bits per heavy atom. The van der Waals surface area contributed by atoms with Crippen molar-refractivity contribution in [2.24, 2.45) is 5.92 Å². The standard InChI is InChI=1S/C33H45N9O6/c1-19(2)15-25-32(46)36-21(5)30-38-29(23-11-8-7-9-12-23)39-42(30)18-27(43)34-13-10-14-41(17-28(44)35-22(6)31(45)37-25)33(47)26-16-24(20(3)4)40-48-26/h7-9,11-12,16,19-22,25H,10,13-15,17-18H2,1-6H3,(H,34,43)(H,35,44)(H,36,46)(H,37,45)/t21-,22+,25+/m0/s1. The van der Waals surface area contributed by atoms with Gasteiger partial charge in [0.1, 0.15) is 24.5 Å². The number of aromatic nitrogens is 4. The first kappa shape index (κ1) is 35.8. The van der Waals surface area contributed by atoms with Crippen molar-refractivity contribution in [2.75, 3.05) is 19.6 Å². The van der Waals surface area contributed by atoms with Gasteiger partial charge in [-0.15, -0.1) is 0 Å². The van der Waals surface area contributed by atoms with Crippen molar-refractivity contribution in [3.8, 4) is 11.4 Å². The molecular weight excluding hydrogens is 618 g/mol. The monoisotopic (exact) mass is 663 g/mol. The lowest BCUT2D eigenvalue weighted by Crippen LogP contribution is -2.54. The van der Waals surface area contributed by atoms with Crippen LogP contribution in [0, 0.1) is 5.92 Å². The summed E-state index contributed by atoms with van der Waals surface area (Å²) in [5.74, 6) is -1.71. The minimum Gasteiger partial charge on any atom is -0.354 e. The number of amides is 5. The van der Waals surface area contributed by atoms with Crippen molar-refractivity contribution < 1.29 is 28.5 Å². The SMILES string of the molecule is CC(C)C[C@H]1NC(=O)[C@@H](C)NC(=O)CN(C(=O)c2cc(C(C)C)no2)CCCNC(=O)Cn2nc(-c3ccccc3)nc2[C@H](C)NC1=O. The summed E-state index contributed by atoms with van der Waals surface area (Å²) in [4.78, 5) is 72.3. The number of hydrogen-bond acceptors (Lipinski definition) is 9. The third-order valence-electron chi connectivity index (χ3n) is 7.76. The number of rotatable bonds is 5. The molecule has 4 rings (SSSR count). The number of hydrogen-bond donors (Lipinski definition) is 4. The fourth-order valence-electron chi connectivity index (χ4n) is 5.16. The summed E-state index contributed by atoms with van der Waals surface area (Å²) in [6, 6.07) is 8.20. The van der Waals surface area contributed by atoms with Gasteiger partial charge >= 0.3 is 0 Å². The molecule has 0 saturated heterocycles. The van der Waals surface area contributed by atoms with E-state index in [0.29, 0.717) is 30.2 Å².